The fraction of sp³-hybridized carbons (Fsp3) is 0.125. The first-order valence-corrected chi connectivity index (χ1v) is 6.68. The van der Waals surface area contributed by atoms with Crippen molar-refractivity contribution < 1.29 is 4.79 Å². The lowest BCUT2D eigenvalue weighted by atomic mass is 10.1. The smallest absolute Gasteiger partial charge is 0.211 e. The van der Waals surface area contributed by atoms with E-state index < -0.39 is 0 Å². The third kappa shape index (κ3) is 3.76. The van der Waals surface area contributed by atoms with Crippen LogP contribution >= 0.6 is 0 Å². The van der Waals surface area contributed by atoms with E-state index in [2.05, 4.69) is 32.2 Å². The Morgan fingerprint density at radius 2 is 2.14 bits per heavy atom. The van der Waals surface area contributed by atoms with E-state index in [-0.39, 0.29) is 0 Å². The van der Waals surface area contributed by atoms with E-state index in [0.29, 0.717) is 23.6 Å². The first-order valence-electron chi connectivity index (χ1n) is 6.68. The average molecular weight is 295 g/mol. The number of anilines is 1. The van der Waals surface area contributed by atoms with Crippen molar-refractivity contribution in [1.29, 1.82) is 0 Å². The number of rotatable bonds is 6. The van der Waals surface area contributed by atoms with Crippen LogP contribution in [0.25, 0.3) is 17.5 Å². The van der Waals surface area contributed by atoms with Gasteiger partial charge in [-0.3, -0.25) is 14.8 Å². The fourth-order valence-electron chi connectivity index (χ4n) is 1.87. The highest BCUT2D eigenvalue weighted by atomic mass is 16.1. The first-order chi connectivity index (χ1) is 10.6. The molecule has 0 aliphatic carbocycles. The third-order valence-electron chi connectivity index (χ3n) is 2.90. The highest BCUT2D eigenvalue weighted by Gasteiger charge is 2.10. The summed E-state index contributed by atoms with van der Waals surface area (Å²) in [5, 5.41) is 5.63. The molecule has 0 aliphatic heterocycles. The quantitative estimate of drug-likeness (QED) is 0.800. The molecule has 0 radical (unpaired) electrons. The lowest BCUT2D eigenvalue weighted by molar-refractivity contribution is -0.108. The molecule has 22 heavy (non-hydrogen) atoms. The summed E-state index contributed by atoms with van der Waals surface area (Å²) in [4.78, 5) is 23.3. The summed E-state index contributed by atoms with van der Waals surface area (Å²) < 4.78 is 0. The van der Waals surface area contributed by atoms with Gasteiger partial charge in [0.15, 0.2) is 0 Å². The van der Waals surface area contributed by atoms with Crippen LogP contribution < -0.4 is 10.6 Å². The molecule has 2 heterocycles. The summed E-state index contributed by atoms with van der Waals surface area (Å²) in [6.45, 7) is 7.65. The van der Waals surface area contributed by atoms with Gasteiger partial charge in [0.2, 0.25) is 6.41 Å². The first kappa shape index (κ1) is 15.4. The highest BCUT2D eigenvalue weighted by Crippen LogP contribution is 2.25. The van der Waals surface area contributed by atoms with Gasteiger partial charge in [0, 0.05) is 24.3 Å². The second-order valence-corrected chi connectivity index (χ2v) is 4.68. The summed E-state index contributed by atoms with van der Waals surface area (Å²) in [5.41, 5.74) is 4.00. The van der Waals surface area contributed by atoms with Crippen LogP contribution in [0, 0.1) is 6.92 Å². The summed E-state index contributed by atoms with van der Waals surface area (Å²) in [6, 6.07) is 1.89. The molecular formula is C16H17N5O. The number of hydrogen-bond donors (Lipinski definition) is 2. The Kier molecular flexibility index (Phi) is 4.98. The molecule has 0 aromatic carbocycles. The molecule has 0 saturated heterocycles. The van der Waals surface area contributed by atoms with Crippen LogP contribution in [0.3, 0.4) is 0 Å². The maximum atomic E-state index is 10.4. The molecule has 6 nitrogen and oxygen atoms in total. The predicted octanol–water partition coefficient (Wildman–Crippen LogP) is 2.51. The van der Waals surface area contributed by atoms with Crippen molar-refractivity contribution in [1.82, 2.24) is 20.3 Å². The maximum Gasteiger partial charge on any atom is 0.211 e. The van der Waals surface area contributed by atoms with Crippen molar-refractivity contribution >= 4 is 18.3 Å². The van der Waals surface area contributed by atoms with Gasteiger partial charge in [0.25, 0.3) is 0 Å². The molecule has 0 spiro atoms. The minimum Gasteiger partial charge on any atom is -0.344 e. The SMILES string of the molecule is C=C(C)Nc1nc(-c2cnccn2)cc(/C=C\NC=O)c1C. The Morgan fingerprint density at radius 3 is 2.77 bits per heavy atom. The van der Waals surface area contributed by atoms with Gasteiger partial charge in [-0.1, -0.05) is 6.58 Å². The summed E-state index contributed by atoms with van der Waals surface area (Å²) >= 11 is 0. The molecule has 2 aromatic rings. The Bertz CT molecular complexity index is 710. The molecule has 0 aliphatic rings. The Balaban J connectivity index is 2.52. The van der Waals surface area contributed by atoms with E-state index in [1.54, 1.807) is 30.9 Å². The summed E-state index contributed by atoms with van der Waals surface area (Å²) in [6.07, 6.45) is 8.87. The van der Waals surface area contributed by atoms with Crippen LogP contribution in [-0.4, -0.2) is 21.4 Å². The number of nitrogens with zero attached hydrogens (tertiary/aromatic N) is 3. The number of pyridine rings is 1. The molecule has 0 atom stereocenters. The lowest BCUT2D eigenvalue weighted by Crippen LogP contribution is -2.04. The Labute approximate surface area is 129 Å². The molecule has 0 fully saturated rings. The molecular weight excluding hydrogens is 278 g/mol. The van der Waals surface area contributed by atoms with Gasteiger partial charge in [-0.15, -0.1) is 0 Å². The van der Waals surface area contributed by atoms with Crippen LogP contribution in [0.4, 0.5) is 5.82 Å². The minimum atomic E-state index is 0.615. The number of hydrogen-bond acceptors (Lipinski definition) is 5. The van der Waals surface area contributed by atoms with Crippen molar-refractivity contribution in [3.8, 4) is 11.4 Å². The van der Waals surface area contributed by atoms with Crippen LogP contribution in [0.2, 0.25) is 0 Å². The molecule has 112 valence electrons. The summed E-state index contributed by atoms with van der Waals surface area (Å²) in [5.74, 6) is 0.696. The van der Waals surface area contributed by atoms with Gasteiger partial charge in [-0.05, 0) is 37.1 Å². The van der Waals surface area contributed by atoms with Crippen LogP contribution in [0.1, 0.15) is 18.1 Å². The van der Waals surface area contributed by atoms with Crippen molar-refractivity contribution in [2.75, 3.05) is 5.32 Å². The number of nitrogens with one attached hydrogen (secondary N) is 2. The molecule has 1 amide bonds. The van der Waals surface area contributed by atoms with Crippen molar-refractivity contribution in [3.05, 3.63) is 54.3 Å². The minimum absolute atomic E-state index is 0.615. The van der Waals surface area contributed by atoms with Crippen LogP contribution in [0.5, 0.6) is 0 Å². The second-order valence-electron chi connectivity index (χ2n) is 4.68. The zero-order valence-corrected chi connectivity index (χ0v) is 12.5. The molecule has 6 heteroatoms. The fourth-order valence-corrected chi connectivity index (χ4v) is 1.87. The Hall–Kier alpha value is -3.02. The topological polar surface area (TPSA) is 79.8 Å². The Morgan fingerprint density at radius 1 is 1.32 bits per heavy atom. The standard InChI is InChI=1S/C16H17N5O/c1-11(2)20-16-12(3)13(4-5-18-10-22)8-14(21-16)15-9-17-6-7-19-15/h4-10H,1H2,2-3H3,(H,18,22)(H,20,21)/b5-4-. The van der Waals surface area contributed by atoms with Crippen molar-refractivity contribution in [2.45, 2.75) is 13.8 Å². The largest absolute Gasteiger partial charge is 0.344 e. The predicted molar refractivity (Wildman–Crippen MR) is 86.7 cm³/mol. The molecule has 2 rings (SSSR count). The monoisotopic (exact) mass is 295 g/mol. The average Bonchev–Trinajstić information content (AvgIpc) is 2.51. The number of allylic oxidation sites excluding steroid dienone is 1. The van der Waals surface area contributed by atoms with Gasteiger partial charge in [-0.2, -0.15) is 0 Å². The number of amides is 1. The van der Waals surface area contributed by atoms with Gasteiger partial charge in [0.05, 0.1) is 11.9 Å². The van der Waals surface area contributed by atoms with Crippen LogP contribution in [-0.2, 0) is 4.79 Å². The van der Waals surface area contributed by atoms with Crippen LogP contribution in [0.15, 0.2) is 43.1 Å². The molecule has 2 N–H and O–H groups in total. The molecule has 0 unspecified atom stereocenters. The van der Waals surface area contributed by atoms with Gasteiger partial charge in [0.1, 0.15) is 11.5 Å². The molecule has 0 bridgehead atoms. The number of aromatic nitrogens is 3. The zero-order chi connectivity index (χ0) is 15.9. The van der Waals surface area contributed by atoms with Gasteiger partial charge < -0.3 is 10.6 Å². The van der Waals surface area contributed by atoms with E-state index >= 15 is 0 Å². The lowest BCUT2D eigenvalue weighted by Gasteiger charge is -2.13. The van der Waals surface area contributed by atoms with Crippen molar-refractivity contribution in [2.24, 2.45) is 0 Å². The molecule has 0 saturated carbocycles. The number of carbonyl (C=O) groups is 1. The second kappa shape index (κ2) is 7.12. The molecule has 2 aromatic heterocycles. The normalized spacial score (nSPS) is 10.5. The van der Waals surface area contributed by atoms with Crippen molar-refractivity contribution in [3.63, 3.8) is 0 Å². The highest BCUT2D eigenvalue weighted by molar-refractivity contribution is 5.69. The maximum absolute atomic E-state index is 10.4. The van der Waals surface area contributed by atoms with E-state index in [4.69, 9.17) is 0 Å². The zero-order valence-electron chi connectivity index (χ0n) is 12.5. The van der Waals surface area contributed by atoms with Gasteiger partial charge >= 0.3 is 0 Å². The van der Waals surface area contributed by atoms with E-state index in [0.717, 1.165) is 16.8 Å². The third-order valence-corrected chi connectivity index (χ3v) is 2.90. The summed E-state index contributed by atoms with van der Waals surface area (Å²) in [7, 11) is 0. The number of carbonyl (C=O) groups excluding carboxylic acids is 1. The van der Waals surface area contributed by atoms with E-state index in [1.807, 2.05) is 19.9 Å². The van der Waals surface area contributed by atoms with E-state index in [1.165, 1.54) is 0 Å². The van der Waals surface area contributed by atoms with Gasteiger partial charge in [-0.25, -0.2) is 4.98 Å². The van der Waals surface area contributed by atoms with E-state index in [9.17, 15) is 4.79 Å².